The number of aromatic nitrogens is 3. The second kappa shape index (κ2) is 9.82. The van der Waals surface area contributed by atoms with E-state index in [1.165, 1.54) is 12.1 Å². The first-order valence-corrected chi connectivity index (χ1v) is 12.2. The van der Waals surface area contributed by atoms with Gasteiger partial charge in [-0.05, 0) is 57.9 Å². The molecule has 0 atom stereocenters. The Morgan fingerprint density at radius 1 is 1.16 bits per heavy atom. The first-order chi connectivity index (χ1) is 17.7. The molecule has 1 amide bonds. The Kier molecular flexibility index (Phi) is 7.03. The third kappa shape index (κ3) is 5.85. The number of amides is 1. The van der Waals surface area contributed by atoms with Crippen LogP contribution in [0.25, 0.3) is 22.3 Å². The van der Waals surface area contributed by atoms with E-state index in [0.29, 0.717) is 37.0 Å². The fraction of sp³-hybridized carbons (Fsp3) is 0.481. The Morgan fingerprint density at radius 3 is 2.45 bits per heavy atom. The molecule has 202 valence electrons. The summed E-state index contributed by atoms with van der Waals surface area (Å²) in [4.78, 5) is 22.3. The zero-order chi connectivity index (χ0) is 27.9. The van der Waals surface area contributed by atoms with E-state index >= 15 is 0 Å². The van der Waals surface area contributed by atoms with Crippen molar-refractivity contribution in [2.45, 2.75) is 52.3 Å². The Balaban J connectivity index is 1.55. The van der Waals surface area contributed by atoms with Gasteiger partial charge in [0.25, 0.3) is 0 Å². The predicted octanol–water partition coefficient (Wildman–Crippen LogP) is 5.94. The van der Waals surface area contributed by atoms with Crippen molar-refractivity contribution in [2.75, 3.05) is 19.7 Å². The van der Waals surface area contributed by atoms with E-state index in [1.54, 1.807) is 49.5 Å². The molecule has 1 aliphatic rings. The van der Waals surface area contributed by atoms with Gasteiger partial charge in [0.05, 0.1) is 17.9 Å². The van der Waals surface area contributed by atoms with Crippen LogP contribution in [0.2, 0.25) is 0 Å². The number of nitriles is 1. The minimum absolute atomic E-state index is 0.0621. The fourth-order valence-corrected chi connectivity index (χ4v) is 4.38. The number of ether oxygens (including phenoxy) is 2. The molecular formula is C27H30F3N5O3. The molecule has 3 aromatic rings. The molecule has 3 heterocycles. The Labute approximate surface area is 219 Å². The van der Waals surface area contributed by atoms with E-state index in [9.17, 15) is 23.2 Å². The standard InChI is InChI=1S/C27H30F3N5O3/c1-25(2,3)38-24(36)35-12-9-26(4,10-13-35)16-37-20-7-6-17(14-19(20)27(28,29)30)22-18-8-11-34(5)23(18)33-21(15-31)32-22/h6-8,11,14H,9-10,12-13,16H2,1-5H3. The first-order valence-electron chi connectivity index (χ1n) is 12.2. The summed E-state index contributed by atoms with van der Waals surface area (Å²) in [5, 5.41) is 9.87. The summed E-state index contributed by atoms with van der Waals surface area (Å²) in [6.45, 7) is 8.26. The molecule has 0 bridgehead atoms. The molecule has 1 saturated heterocycles. The number of hydrogen-bond donors (Lipinski definition) is 0. The third-order valence-electron chi connectivity index (χ3n) is 6.58. The topological polar surface area (TPSA) is 93.3 Å². The van der Waals surface area contributed by atoms with Gasteiger partial charge >= 0.3 is 12.3 Å². The highest BCUT2D eigenvalue weighted by Gasteiger charge is 2.38. The van der Waals surface area contributed by atoms with Crippen LogP contribution in [-0.4, -0.2) is 50.8 Å². The SMILES string of the molecule is Cn1ccc2c(-c3ccc(OCC4(C)CCN(C(=O)OC(C)(C)C)CC4)c(C(F)(F)F)c3)nc(C#N)nc21. The van der Waals surface area contributed by atoms with Crippen LogP contribution < -0.4 is 4.74 Å². The number of benzene rings is 1. The number of carbonyl (C=O) groups excluding carboxylic acids is 1. The molecular weight excluding hydrogens is 499 g/mol. The number of rotatable bonds is 4. The van der Waals surface area contributed by atoms with Crippen LogP contribution in [0.15, 0.2) is 30.5 Å². The highest BCUT2D eigenvalue weighted by molar-refractivity contribution is 5.91. The number of fused-ring (bicyclic) bond motifs is 1. The van der Waals surface area contributed by atoms with Crippen molar-refractivity contribution in [2.24, 2.45) is 12.5 Å². The number of likely N-dealkylation sites (tertiary alicyclic amines) is 1. The van der Waals surface area contributed by atoms with Crippen LogP contribution in [0.3, 0.4) is 0 Å². The molecule has 11 heteroatoms. The molecule has 4 rings (SSSR count). The van der Waals surface area contributed by atoms with Gasteiger partial charge in [-0.1, -0.05) is 6.92 Å². The lowest BCUT2D eigenvalue weighted by molar-refractivity contribution is -0.139. The zero-order valence-electron chi connectivity index (χ0n) is 22.0. The maximum atomic E-state index is 14.1. The zero-order valence-corrected chi connectivity index (χ0v) is 22.0. The summed E-state index contributed by atoms with van der Waals surface area (Å²) in [5.74, 6) is -0.412. The van der Waals surface area contributed by atoms with Crippen LogP contribution in [0.4, 0.5) is 18.0 Å². The third-order valence-corrected chi connectivity index (χ3v) is 6.58. The van der Waals surface area contributed by atoms with Crippen molar-refractivity contribution >= 4 is 17.1 Å². The minimum Gasteiger partial charge on any atom is -0.492 e. The number of piperidine rings is 1. The number of alkyl halides is 3. The van der Waals surface area contributed by atoms with E-state index in [2.05, 4.69) is 9.97 Å². The van der Waals surface area contributed by atoms with Crippen LogP contribution in [0, 0.1) is 16.7 Å². The smallest absolute Gasteiger partial charge is 0.419 e. The van der Waals surface area contributed by atoms with Crippen molar-refractivity contribution in [3.05, 3.63) is 41.9 Å². The Morgan fingerprint density at radius 2 is 1.84 bits per heavy atom. The largest absolute Gasteiger partial charge is 0.492 e. The summed E-state index contributed by atoms with van der Waals surface area (Å²) in [5.41, 5.74) is -1.04. The average Bonchev–Trinajstić information content (AvgIpc) is 3.21. The van der Waals surface area contributed by atoms with E-state index < -0.39 is 28.8 Å². The highest BCUT2D eigenvalue weighted by atomic mass is 19.4. The van der Waals surface area contributed by atoms with E-state index in [4.69, 9.17) is 9.47 Å². The number of nitrogens with zero attached hydrogens (tertiary/aromatic N) is 5. The van der Waals surface area contributed by atoms with Gasteiger partial charge in [-0.3, -0.25) is 0 Å². The number of halogens is 3. The molecule has 1 aliphatic heterocycles. The first kappa shape index (κ1) is 27.2. The molecule has 0 aliphatic carbocycles. The summed E-state index contributed by atoms with van der Waals surface area (Å²) >= 11 is 0. The number of hydrogen-bond acceptors (Lipinski definition) is 6. The van der Waals surface area contributed by atoms with Gasteiger partial charge in [-0.15, -0.1) is 0 Å². The monoisotopic (exact) mass is 529 g/mol. The second-order valence-corrected chi connectivity index (χ2v) is 10.9. The van der Waals surface area contributed by atoms with Gasteiger partial charge in [0, 0.05) is 42.7 Å². The molecule has 0 N–H and O–H groups in total. The lowest BCUT2D eigenvalue weighted by Crippen LogP contribution is -2.46. The summed E-state index contributed by atoms with van der Waals surface area (Å²) in [6, 6.07) is 7.37. The van der Waals surface area contributed by atoms with Gasteiger partial charge < -0.3 is 18.9 Å². The van der Waals surface area contributed by atoms with Gasteiger partial charge in [0.15, 0.2) is 0 Å². The van der Waals surface area contributed by atoms with Crippen LogP contribution in [0.5, 0.6) is 5.75 Å². The maximum Gasteiger partial charge on any atom is 0.419 e. The van der Waals surface area contributed by atoms with Crippen LogP contribution >= 0.6 is 0 Å². The molecule has 38 heavy (non-hydrogen) atoms. The van der Waals surface area contributed by atoms with Gasteiger partial charge in [-0.2, -0.15) is 18.4 Å². The molecule has 0 saturated carbocycles. The summed E-state index contributed by atoms with van der Waals surface area (Å²) < 4.78 is 55.2. The Bertz CT molecular complexity index is 1390. The lowest BCUT2D eigenvalue weighted by atomic mass is 9.81. The summed E-state index contributed by atoms with van der Waals surface area (Å²) in [7, 11) is 1.73. The Hall–Kier alpha value is -3.81. The van der Waals surface area contributed by atoms with Gasteiger partial charge in [0.1, 0.15) is 23.1 Å². The van der Waals surface area contributed by atoms with Crippen LogP contribution in [0.1, 0.15) is 51.9 Å². The van der Waals surface area contributed by atoms with Crippen molar-refractivity contribution in [1.29, 1.82) is 5.26 Å². The van der Waals surface area contributed by atoms with E-state index in [1.807, 2.05) is 13.0 Å². The van der Waals surface area contributed by atoms with Gasteiger partial charge in [0.2, 0.25) is 5.82 Å². The predicted molar refractivity (Wildman–Crippen MR) is 134 cm³/mol. The molecule has 0 radical (unpaired) electrons. The van der Waals surface area contributed by atoms with Crippen molar-refractivity contribution < 1.29 is 27.4 Å². The molecule has 1 aromatic carbocycles. The van der Waals surface area contributed by atoms with Crippen LogP contribution in [-0.2, 0) is 18.0 Å². The van der Waals surface area contributed by atoms with Crippen molar-refractivity contribution in [3.8, 4) is 23.1 Å². The quantitative estimate of drug-likeness (QED) is 0.415. The van der Waals surface area contributed by atoms with Crippen molar-refractivity contribution in [3.63, 3.8) is 0 Å². The molecule has 1 fully saturated rings. The molecule has 2 aromatic heterocycles. The maximum absolute atomic E-state index is 14.1. The molecule has 0 spiro atoms. The fourth-order valence-electron chi connectivity index (χ4n) is 4.38. The average molecular weight is 530 g/mol. The highest BCUT2D eigenvalue weighted by Crippen LogP contribution is 2.41. The van der Waals surface area contributed by atoms with E-state index in [0.717, 1.165) is 6.07 Å². The number of aryl methyl sites for hydroxylation is 1. The summed E-state index contributed by atoms with van der Waals surface area (Å²) in [6.07, 6.45) is -2.23. The lowest BCUT2D eigenvalue weighted by Gasteiger charge is -2.39. The van der Waals surface area contributed by atoms with Crippen molar-refractivity contribution in [1.82, 2.24) is 19.4 Å². The normalized spacial score (nSPS) is 15.8. The minimum atomic E-state index is -4.67. The second-order valence-electron chi connectivity index (χ2n) is 10.9. The number of carbonyl (C=O) groups is 1. The van der Waals surface area contributed by atoms with Gasteiger partial charge in [-0.25, -0.2) is 14.8 Å². The molecule has 8 nitrogen and oxygen atoms in total. The molecule has 0 unspecified atom stereocenters. The van der Waals surface area contributed by atoms with E-state index in [-0.39, 0.29) is 29.4 Å².